The van der Waals surface area contributed by atoms with Gasteiger partial charge in [0.2, 0.25) is 0 Å². The van der Waals surface area contributed by atoms with E-state index in [9.17, 15) is 35.9 Å². The molecule has 0 radical (unpaired) electrons. The van der Waals surface area contributed by atoms with E-state index in [4.69, 9.17) is 0 Å². The number of allylic oxidation sites excluding steroid dienone is 2. The topological polar surface area (TPSA) is 43.4 Å². The van der Waals surface area contributed by atoms with Gasteiger partial charge in [-0.15, -0.1) is 0 Å². The normalized spacial score (nSPS) is 13.1. The SMILES string of the molecule is C=C(C=O)/C=C\C(=C)C(=O)OC(C)(C(F)(F)F)C(F)(F)F. The minimum absolute atomic E-state index is 0.168. The fraction of sp³-hybridized carbons (Fsp3) is 0.333. The highest BCUT2D eigenvalue weighted by Crippen LogP contribution is 2.45. The number of hydrogen-bond acceptors (Lipinski definition) is 3. The molecule has 118 valence electrons. The van der Waals surface area contributed by atoms with E-state index in [1.165, 1.54) is 0 Å². The minimum Gasteiger partial charge on any atom is -0.436 e. The standard InChI is InChI=1S/C12H10F6O3/c1-7(6-19)4-5-8(2)9(20)21-10(3,11(13,14)15)12(16,17)18/h4-6H,1-2H2,3H3/b5-4-. The van der Waals surface area contributed by atoms with E-state index in [1.54, 1.807) is 0 Å². The predicted octanol–water partition coefficient (Wildman–Crippen LogP) is 3.28. The lowest BCUT2D eigenvalue weighted by Gasteiger charge is -2.33. The van der Waals surface area contributed by atoms with Crippen molar-refractivity contribution >= 4 is 12.3 Å². The quantitative estimate of drug-likeness (QED) is 0.257. The highest BCUT2D eigenvalue weighted by atomic mass is 19.4. The molecule has 0 aliphatic carbocycles. The fourth-order valence-corrected chi connectivity index (χ4v) is 0.842. The van der Waals surface area contributed by atoms with E-state index in [0.29, 0.717) is 6.08 Å². The second-order valence-corrected chi connectivity index (χ2v) is 3.97. The first-order valence-electron chi connectivity index (χ1n) is 5.14. The molecule has 0 aromatic carbocycles. The van der Waals surface area contributed by atoms with E-state index in [0.717, 1.165) is 6.08 Å². The number of carbonyl (C=O) groups is 2. The molecule has 0 atom stereocenters. The van der Waals surface area contributed by atoms with Gasteiger partial charge in [0.05, 0.1) is 5.57 Å². The average Bonchev–Trinajstić information content (AvgIpc) is 2.32. The van der Waals surface area contributed by atoms with Crippen molar-refractivity contribution in [3.05, 3.63) is 36.5 Å². The Morgan fingerprint density at radius 2 is 1.43 bits per heavy atom. The maximum atomic E-state index is 12.5. The number of hydrogen-bond donors (Lipinski definition) is 0. The first-order chi connectivity index (χ1) is 9.26. The lowest BCUT2D eigenvalue weighted by molar-refractivity contribution is -0.361. The summed E-state index contributed by atoms with van der Waals surface area (Å²) in [6.45, 7) is 5.79. The lowest BCUT2D eigenvalue weighted by atomic mass is 10.1. The van der Waals surface area contributed by atoms with Crippen LogP contribution in [-0.2, 0) is 14.3 Å². The molecule has 0 aliphatic heterocycles. The second-order valence-electron chi connectivity index (χ2n) is 3.97. The van der Waals surface area contributed by atoms with Crippen LogP contribution >= 0.6 is 0 Å². The number of ether oxygens (including phenoxy) is 1. The molecule has 0 aromatic heterocycles. The summed E-state index contributed by atoms with van der Waals surface area (Å²) in [6, 6.07) is 0. The Balaban J connectivity index is 5.27. The van der Waals surface area contributed by atoms with Crippen molar-refractivity contribution in [3.8, 4) is 0 Å². The van der Waals surface area contributed by atoms with Crippen LogP contribution in [0.2, 0.25) is 0 Å². The van der Waals surface area contributed by atoms with Gasteiger partial charge in [-0.05, 0) is 13.0 Å². The first kappa shape index (κ1) is 18.9. The van der Waals surface area contributed by atoms with Crippen LogP contribution in [0.3, 0.4) is 0 Å². The van der Waals surface area contributed by atoms with Gasteiger partial charge in [0, 0.05) is 5.57 Å². The van der Waals surface area contributed by atoms with Crippen molar-refractivity contribution in [1.82, 2.24) is 0 Å². The third kappa shape index (κ3) is 4.47. The van der Waals surface area contributed by atoms with Gasteiger partial charge in [-0.25, -0.2) is 4.79 Å². The van der Waals surface area contributed by atoms with Gasteiger partial charge in [-0.3, -0.25) is 4.79 Å². The first-order valence-corrected chi connectivity index (χ1v) is 5.14. The molecule has 9 heteroatoms. The van der Waals surface area contributed by atoms with Crippen LogP contribution in [0.5, 0.6) is 0 Å². The smallest absolute Gasteiger partial charge is 0.436 e. The van der Waals surface area contributed by atoms with Gasteiger partial charge in [-0.2, -0.15) is 26.3 Å². The molecule has 0 saturated carbocycles. The monoisotopic (exact) mass is 316 g/mol. The summed E-state index contributed by atoms with van der Waals surface area (Å²) < 4.78 is 78.5. The number of aldehydes is 1. The summed E-state index contributed by atoms with van der Waals surface area (Å²) >= 11 is 0. The summed E-state index contributed by atoms with van der Waals surface area (Å²) in [5, 5.41) is 0. The maximum absolute atomic E-state index is 12.5. The van der Waals surface area contributed by atoms with Gasteiger partial charge in [-0.1, -0.05) is 19.2 Å². The number of rotatable bonds is 5. The van der Waals surface area contributed by atoms with Gasteiger partial charge in [0.1, 0.15) is 6.29 Å². The Hall–Kier alpha value is -2.06. The molecule has 0 aliphatic rings. The molecule has 0 rings (SSSR count). The van der Waals surface area contributed by atoms with Gasteiger partial charge in [0.25, 0.3) is 5.60 Å². The molecular formula is C12H10F6O3. The van der Waals surface area contributed by atoms with Crippen molar-refractivity contribution in [2.75, 3.05) is 0 Å². The molecule has 0 unspecified atom stereocenters. The zero-order valence-corrected chi connectivity index (χ0v) is 10.6. The summed E-state index contributed by atoms with van der Waals surface area (Å²) in [7, 11) is 0. The van der Waals surface area contributed by atoms with E-state index < -0.39 is 29.5 Å². The maximum Gasteiger partial charge on any atom is 0.437 e. The Labute approximate surface area is 115 Å². The van der Waals surface area contributed by atoms with E-state index in [-0.39, 0.29) is 18.8 Å². The summed E-state index contributed by atoms with van der Waals surface area (Å²) in [6.07, 6.45) is -9.87. The second kappa shape index (κ2) is 6.15. The van der Waals surface area contributed by atoms with Crippen LogP contribution in [-0.4, -0.2) is 30.2 Å². The summed E-state index contributed by atoms with van der Waals surface area (Å²) in [5.41, 5.74) is -5.65. The molecule has 0 bridgehead atoms. The zero-order chi connectivity index (χ0) is 17.1. The summed E-state index contributed by atoms with van der Waals surface area (Å²) in [4.78, 5) is 21.4. The largest absolute Gasteiger partial charge is 0.437 e. The molecule has 0 aromatic rings. The summed E-state index contributed by atoms with van der Waals surface area (Å²) in [5.74, 6) is -1.93. The van der Waals surface area contributed by atoms with Crippen LogP contribution in [0, 0.1) is 0 Å². The number of halogens is 6. The van der Waals surface area contributed by atoms with Gasteiger partial charge in [0.15, 0.2) is 0 Å². The third-order valence-corrected chi connectivity index (χ3v) is 2.29. The van der Waals surface area contributed by atoms with Crippen molar-refractivity contribution < 1.29 is 40.7 Å². The number of alkyl halides is 6. The highest BCUT2D eigenvalue weighted by molar-refractivity contribution is 5.91. The van der Waals surface area contributed by atoms with Crippen LogP contribution < -0.4 is 0 Å². The molecule has 3 nitrogen and oxygen atoms in total. The molecule has 0 saturated heterocycles. The Bertz CT molecular complexity index is 470. The fourth-order valence-electron chi connectivity index (χ4n) is 0.842. The molecule has 0 amide bonds. The molecule has 0 heterocycles. The number of esters is 1. The van der Waals surface area contributed by atoms with Gasteiger partial charge < -0.3 is 4.74 Å². The molecule has 21 heavy (non-hydrogen) atoms. The van der Waals surface area contributed by atoms with Crippen molar-refractivity contribution in [2.45, 2.75) is 24.9 Å². The van der Waals surface area contributed by atoms with Crippen molar-refractivity contribution in [2.24, 2.45) is 0 Å². The Morgan fingerprint density at radius 3 is 1.76 bits per heavy atom. The minimum atomic E-state index is -5.86. The van der Waals surface area contributed by atoms with Crippen LogP contribution in [0.1, 0.15) is 6.92 Å². The van der Waals surface area contributed by atoms with E-state index >= 15 is 0 Å². The van der Waals surface area contributed by atoms with Gasteiger partial charge >= 0.3 is 18.3 Å². The molecular weight excluding hydrogens is 306 g/mol. The predicted molar refractivity (Wildman–Crippen MR) is 60.1 cm³/mol. The van der Waals surface area contributed by atoms with E-state index in [1.807, 2.05) is 0 Å². The molecule has 0 spiro atoms. The highest BCUT2D eigenvalue weighted by Gasteiger charge is 2.71. The lowest BCUT2D eigenvalue weighted by Crippen LogP contribution is -2.57. The third-order valence-electron chi connectivity index (χ3n) is 2.29. The van der Waals surface area contributed by atoms with Crippen LogP contribution in [0.4, 0.5) is 26.3 Å². The van der Waals surface area contributed by atoms with Crippen LogP contribution in [0.25, 0.3) is 0 Å². The molecule has 0 N–H and O–H groups in total. The Morgan fingerprint density at radius 1 is 1.00 bits per heavy atom. The number of carbonyl (C=O) groups excluding carboxylic acids is 2. The Kier molecular flexibility index (Phi) is 5.54. The van der Waals surface area contributed by atoms with Crippen molar-refractivity contribution in [3.63, 3.8) is 0 Å². The van der Waals surface area contributed by atoms with Crippen LogP contribution in [0.15, 0.2) is 36.5 Å². The average molecular weight is 316 g/mol. The zero-order valence-electron chi connectivity index (χ0n) is 10.6. The molecule has 0 fully saturated rings. The van der Waals surface area contributed by atoms with Crippen molar-refractivity contribution in [1.29, 1.82) is 0 Å². The van der Waals surface area contributed by atoms with E-state index in [2.05, 4.69) is 17.9 Å².